The zero-order valence-corrected chi connectivity index (χ0v) is 19.1. The largest absolute Gasteiger partial charge is 0.478 e. The summed E-state index contributed by atoms with van der Waals surface area (Å²) in [5.74, 6) is 1.00. The zero-order valence-electron chi connectivity index (χ0n) is 18.3. The third-order valence-corrected chi connectivity index (χ3v) is 5.46. The lowest BCUT2D eigenvalue weighted by atomic mass is 10.1. The number of hydrogen-bond donors (Lipinski definition) is 1. The lowest BCUT2D eigenvalue weighted by molar-refractivity contribution is -0.128. The highest BCUT2D eigenvalue weighted by atomic mass is 35.5. The minimum absolute atomic E-state index is 0.245. The number of amides is 1. The number of anilines is 1. The standard InChI is InChI=1S/C26H25ClN2O3/c1-4-17-7-14-23-22(15-17)29-24(31-23)16-18-5-10-20(11-6-18)28-25(30)26(2,3)32-21-12-8-19(27)9-13-21/h5-15H,4,16H2,1-3H3,(H,28,30). The average molecular weight is 449 g/mol. The smallest absolute Gasteiger partial charge is 0.267 e. The summed E-state index contributed by atoms with van der Waals surface area (Å²) in [6, 6.07) is 20.7. The van der Waals surface area contributed by atoms with E-state index in [0.29, 0.717) is 28.8 Å². The topological polar surface area (TPSA) is 64.4 Å². The van der Waals surface area contributed by atoms with Gasteiger partial charge in [-0.2, -0.15) is 0 Å². The first-order chi connectivity index (χ1) is 15.3. The van der Waals surface area contributed by atoms with Crippen LogP contribution in [-0.4, -0.2) is 16.5 Å². The Labute approximate surface area is 192 Å². The molecule has 0 aliphatic carbocycles. The van der Waals surface area contributed by atoms with Gasteiger partial charge in [-0.3, -0.25) is 4.79 Å². The van der Waals surface area contributed by atoms with E-state index < -0.39 is 5.60 Å². The summed E-state index contributed by atoms with van der Waals surface area (Å²) >= 11 is 5.90. The summed E-state index contributed by atoms with van der Waals surface area (Å²) in [5.41, 5.74) is 3.59. The van der Waals surface area contributed by atoms with Crippen molar-refractivity contribution in [1.29, 1.82) is 0 Å². The molecule has 1 N–H and O–H groups in total. The van der Waals surface area contributed by atoms with E-state index in [-0.39, 0.29) is 5.91 Å². The molecule has 0 spiro atoms. The summed E-state index contributed by atoms with van der Waals surface area (Å²) in [6.45, 7) is 5.57. The number of oxazole rings is 1. The highest BCUT2D eigenvalue weighted by molar-refractivity contribution is 6.30. The first-order valence-electron chi connectivity index (χ1n) is 10.6. The van der Waals surface area contributed by atoms with E-state index in [4.69, 9.17) is 20.8 Å². The molecule has 0 unspecified atom stereocenters. The Bertz CT molecular complexity index is 1230. The average Bonchev–Trinajstić information content (AvgIpc) is 3.17. The molecule has 1 heterocycles. The predicted molar refractivity (Wildman–Crippen MR) is 127 cm³/mol. The van der Waals surface area contributed by atoms with Gasteiger partial charge in [0.15, 0.2) is 17.1 Å². The molecule has 1 amide bonds. The second-order valence-corrected chi connectivity index (χ2v) is 8.59. The van der Waals surface area contributed by atoms with Gasteiger partial charge in [-0.05, 0) is 79.9 Å². The van der Waals surface area contributed by atoms with Crippen LogP contribution < -0.4 is 10.1 Å². The fourth-order valence-corrected chi connectivity index (χ4v) is 3.45. The van der Waals surface area contributed by atoms with E-state index in [1.807, 2.05) is 30.3 Å². The lowest BCUT2D eigenvalue weighted by Crippen LogP contribution is -2.42. The van der Waals surface area contributed by atoms with E-state index in [2.05, 4.69) is 29.4 Å². The van der Waals surface area contributed by atoms with Crippen LogP contribution in [0.3, 0.4) is 0 Å². The highest BCUT2D eigenvalue weighted by Gasteiger charge is 2.30. The van der Waals surface area contributed by atoms with Crippen LogP contribution in [0.1, 0.15) is 37.8 Å². The molecular formula is C26H25ClN2O3. The van der Waals surface area contributed by atoms with E-state index >= 15 is 0 Å². The normalized spacial score (nSPS) is 11.5. The number of benzene rings is 3. The number of carbonyl (C=O) groups excluding carboxylic acids is 1. The number of rotatable bonds is 7. The second kappa shape index (κ2) is 9.05. The SMILES string of the molecule is CCc1ccc2oc(Cc3ccc(NC(=O)C(C)(C)Oc4ccc(Cl)cc4)cc3)nc2c1. The van der Waals surface area contributed by atoms with Gasteiger partial charge in [-0.1, -0.05) is 36.7 Å². The Hall–Kier alpha value is -3.31. The summed E-state index contributed by atoms with van der Waals surface area (Å²) in [5, 5.41) is 3.52. The van der Waals surface area contributed by atoms with Gasteiger partial charge in [0.05, 0.1) is 0 Å². The molecule has 0 saturated heterocycles. The molecule has 0 saturated carbocycles. The third-order valence-electron chi connectivity index (χ3n) is 5.21. The zero-order chi connectivity index (χ0) is 22.7. The van der Waals surface area contributed by atoms with Crippen molar-refractivity contribution in [1.82, 2.24) is 4.98 Å². The number of aromatic nitrogens is 1. The Morgan fingerprint density at radius 2 is 1.72 bits per heavy atom. The van der Waals surface area contributed by atoms with Gasteiger partial charge < -0.3 is 14.5 Å². The Morgan fingerprint density at radius 1 is 1.03 bits per heavy atom. The third kappa shape index (κ3) is 5.11. The molecule has 0 atom stereocenters. The fraction of sp³-hybridized carbons (Fsp3) is 0.231. The molecule has 32 heavy (non-hydrogen) atoms. The van der Waals surface area contributed by atoms with Crippen molar-refractivity contribution in [3.8, 4) is 5.75 Å². The molecule has 4 aromatic rings. The van der Waals surface area contributed by atoms with Crippen molar-refractivity contribution < 1.29 is 13.9 Å². The van der Waals surface area contributed by atoms with E-state index in [0.717, 1.165) is 23.1 Å². The number of halogens is 1. The van der Waals surface area contributed by atoms with Crippen LogP contribution in [0.5, 0.6) is 5.75 Å². The quantitative estimate of drug-likeness (QED) is 0.353. The molecule has 0 aliphatic heterocycles. The number of ether oxygens (including phenoxy) is 1. The maximum atomic E-state index is 12.7. The summed E-state index contributed by atoms with van der Waals surface area (Å²) in [7, 11) is 0. The second-order valence-electron chi connectivity index (χ2n) is 8.16. The number of nitrogens with one attached hydrogen (secondary N) is 1. The number of fused-ring (bicyclic) bond motifs is 1. The number of carbonyl (C=O) groups is 1. The number of aryl methyl sites for hydroxylation is 1. The van der Waals surface area contributed by atoms with Gasteiger partial charge in [-0.25, -0.2) is 4.98 Å². The molecule has 0 bridgehead atoms. The molecule has 6 heteroatoms. The molecule has 0 aliphatic rings. The van der Waals surface area contributed by atoms with E-state index in [9.17, 15) is 4.79 Å². The van der Waals surface area contributed by atoms with Gasteiger partial charge in [-0.15, -0.1) is 0 Å². The molecular weight excluding hydrogens is 424 g/mol. The monoisotopic (exact) mass is 448 g/mol. The van der Waals surface area contributed by atoms with Crippen molar-refractivity contribution in [3.05, 3.63) is 88.8 Å². The molecule has 1 aromatic heterocycles. The predicted octanol–water partition coefficient (Wildman–Crippen LogP) is 6.43. The minimum atomic E-state index is -1.05. The maximum absolute atomic E-state index is 12.7. The summed E-state index contributed by atoms with van der Waals surface area (Å²) < 4.78 is 11.7. The first kappa shape index (κ1) is 21.9. The lowest BCUT2D eigenvalue weighted by Gasteiger charge is -2.25. The Balaban J connectivity index is 1.39. The maximum Gasteiger partial charge on any atom is 0.267 e. The van der Waals surface area contributed by atoms with Gasteiger partial charge in [0.2, 0.25) is 0 Å². The molecule has 0 fully saturated rings. The molecule has 164 valence electrons. The van der Waals surface area contributed by atoms with Crippen molar-refractivity contribution in [2.45, 2.75) is 39.2 Å². The Morgan fingerprint density at radius 3 is 2.41 bits per heavy atom. The minimum Gasteiger partial charge on any atom is -0.478 e. The molecule has 0 radical (unpaired) electrons. The van der Waals surface area contributed by atoms with Crippen molar-refractivity contribution >= 4 is 34.3 Å². The summed E-state index contributed by atoms with van der Waals surface area (Å²) in [6.07, 6.45) is 1.54. The molecule has 4 rings (SSSR count). The van der Waals surface area contributed by atoms with Gasteiger partial charge >= 0.3 is 0 Å². The van der Waals surface area contributed by atoms with Crippen LogP contribution in [0.15, 0.2) is 71.1 Å². The van der Waals surface area contributed by atoms with Crippen LogP contribution in [0.4, 0.5) is 5.69 Å². The van der Waals surface area contributed by atoms with Gasteiger partial charge in [0.25, 0.3) is 5.91 Å². The van der Waals surface area contributed by atoms with E-state index in [1.54, 1.807) is 38.1 Å². The van der Waals surface area contributed by atoms with Crippen LogP contribution in [0.25, 0.3) is 11.1 Å². The van der Waals surface area contributed by atoms with E-state index in [1.165, 1.54) is 5.56 Å². The van der Waals surface area contributed by atoms with Crippen LogP contribution >= 0.6 is 11.6 Å². The number of hydrogen-bond acceptors (Lipinski definition) is 4. The van der Waals surface area contributed by atoms with Crippen molar-refractivity contribution in [2.75, 3.05) is 5.32 Å². The molecule has 3 aromatic carbocycles. The first-order valence-corrected chi connectivity index (χ1v) is 10.9. The van der Waals surface area contributed by atoms with Crippen LogP contribution in [0.2, 0.25) is 5.02 Å². The Kier molecular flexibility index (Phi) is 6.19. The van der Waals surface area contributed by atoms with Gasteiger partial charge in [0.1, 0.15) is 11.3 Å². The van der Waals surface area contributed by atoms with Crippen LogP contribution in [0, 0.1) is 0 Å². The van der Waals surface area contributed by atoms with Gasteiger partial charge in [0, 0.05) is 17.1 Å². The van der Waals surface area contributed by atoms with Crippen molar-refractivity contribution in [2.24, 2.45) is 0 Å². The summed E-state index contributed by atoms with van der Waals surface area (Å²) in [4.78, 5) is 17.3. The van der Waals surface area contributed by atoms with Crippen molar-refractivity contribution in [3.63, 3.8) is 0 Å². The highest BCUT2D eigenvalue weighted by Crippen LogP contribution is 2.23. The van der Waals surface area contributed by atoms with Crippen LogP contribution in [-0.2, 0) is 17.6 Å². The number of nitrogens with zero attached hydrogens (tertiary/aromatic N) is 1. The molecule has 5 nitrogen and oxygen atoms in total. The fourth-order valence-electron chi connectivity index (χ4n) is 3.32.